The van der Waals surface area contributed by atoms with Crippen LogP contribution in [-0.2, 0) is 16.5 Å². The second-order valence-electron chi connectivity index (χ2n) is 7.97. The number of hydrogen-bond donors (Lipinski definition) is 0. The molecule has 0 unspecified atom stereocenters. The molecule has 0 N–H and O–H groups in total. The van der Waals surface area contributed by atoms with Crippen LogP contribution < -0.4 is 0 Å². The number of aryl methyl sites for hydroxylation is 4. The summed E-state index contributed by atoms with van der Waals surface area (Å²) in [6, 6.07) is 13.1. The first-order chi connectivity index (χ1) is 13.4. The fourth-order valence-electron chi connectivity index (χ4n) is 3.67. The molecule has 0 aliphatic carbocycles. The molecule has 0 atom stereocenters. The van der Waals surface area contributed by atoms with Gasteiger partial charge in [-0.3, -0.25) is 9.98 Å². The fourth-order valence-corrected chi connectivity index (χ4v) is 3.67. The molecule has 0 spiro atoms. The average Bonchev–Trinajstić information content (AvgIpc) is 2.60. The predicted molar refractivity (Wildman–Crippen MR) is 125 cm³/mol. The van der Waals surface area contributed by atoms with Gasteiger partial charge in [-0.2, -0.15) is 0 Å². The maximum Gasteiger partial charge on any atom is 0.0639 e. The van der Waals surface area contributed by atoms with Gasteiger partial charge in [-0.25, -0.2) is 0 Å². The van der Waals surface area contributed by atoms with Crippen LogP contribution in [-0.4, -0.2) is 11.4 Å². The van der Waals surface area contributed by atoms with Crippen LogP contribution in [0.4, 0.5) is 11.4 Å². The second kappa shape index (κ2) is 12.8. The SMILES string of the molecule is CCCCCCC(=Nc1cc(C)cc(C)c1)C(CC)=Nc1cc(C)cc(C)c1.[Ni]. The smallest absolute Gasteiger partial charge is 0.0639 e. The van der Waals surface area contributed by atoms with E-state index < -0.39 is 0 Å². The maximum atomic E-state index is 5.08. The number of aliphatic imine (C=N–C) groups is 2. The molecule has 2 nitrogen and oxygen atoms in total. The zero-order chi connectivity index (χ0) is 20.5. The molecule has 0 fully saturated rings. The average molecular weight is 435 g/mol. The molecule has 0 saturated heterocycles. The summed E-state index contributed by atoms with van der Waals surface area (Å²) >= 11 is 0. The quantitative estimate of drug-likeness (QED) is 0.216. The molecule has 0 radical (unpaired) electrons. The first-order valence-corrected chi connectivity index (χ1v) is 10.7. The van der Waals surface area contributed by atoms with Crippen LogP contribution in [0.15, 0.2) is 46.4 Å². The van der Waals surface area contributed by atoms with E-state index in [4.69, 9.17) is 9.98 Å². The molecule has 0 bridgehead atoms. The number of nitrogens with zero attached hydrogens (tertiary/aromatic N) is 2. The van der Waals surface area contributed by atoms with Crippen molar-refractivity contribution in [2.75, 3.05) is 0 Å². The van der Waals surface area contributed by atoms with Crippen LogP contribution in [0, 0.1) is 27.7 Å². The Hall–Kier alpha value is -1.73. The third-order valence-corrected chi connectivity index (χ3v) is 4.88. The first kappa shape index (κ1) is 25.3. The Balaban J connectivity index is 0.00000420. The van der Waals surface area contributed by atoms with Crippen molar-refractivity contribution in [2.45, 2.75) is 80.1 Å². The largest absolute Gasteiger partial charge is 0.252 e. The van der Waals surface area contributed by atoms with Crippen LogP contribution in [0.3, 0.4) is 0 Å². The summed E-state index contributed by atoms with van der Waals surface area (Å²) in [4.78, 5) is 10.1. The zero-order valence-electron chi connectivity index (χ0n) is 18.9. The minimum atomic E-state index is 0. The Bertz CT molecular complexity index is 809. The van der Waals surface area contributed by atoms with E-state index in [9.17, 15) is 0 Å². The van der Waals surface area contributed by atoms with E-state index in [-0.39, 0.29) is 16.5 Å². The summed E-state index contributed by atoms with van der Waals surface area (Å²) < 4.78 is 0. The molecular formula is C26H36N2Ni. The van der Waals surface area contributed by atoms with Crippen LogP contribution in [0.1, 0.15) is 74.6 Å². The van der Waals surface area contributed by atoms with Crippen molar-refractivity contribution in [3.05, 3.63) is 58.7 Å². The summed E-state index contributed by atoms with van der Waals surface area (Å²) in [6.45, 7) is 13.0. The van der Waals surface area contributed by atoms with Crippen molar-refractivity contribution in [3.8, 4) is 0 Å². The standard InChI is InChI=1S/C26H36N2.Ni/c1-7-9-10-11-12-26(28-24-17-21(5)14-22(6)18-24)25(8-2)27-23-15-19(3)13-20(4)16-23;/h13-18H,7-12H2,1-6H3;. The van der Waals surface area contributed by atoms with E-state index >= 15 is 0 Å². The monoisotopic (exact) mass is 434 g/mol. The predicted octanol–water partition coefficient (Wildman–Crippen LogP) is 8.14. The molecular weight excluding hydrogens is 399 g/mol. The van der Waals surface area contributed by atoms with Gasteiger partial charge >= 0.3 is 0 Å². The van der Waals surface area contributed by atoms with Crippen molar-refractivity contribution in [2.24, 2.45) is 9.98 Å². The molecule has 0 heterocycles. The maximum absolute atomic E-state index is 5.08. The minimum absolute atomic E-state index is 0. The Morgan fingerprint density at radius 1 is 0.621 bits per heavy atom. The number of rotatable bonds is 9. The fraction of sp³-hybridized carbons (Fsp3) is 0.462. The molecule has 160 valence electrons. The first-order valence-electron chi connectivity index (χ1n) is 10.7. The second-order valence-corrected chi connectivity index (χ2v) is 7.97. The van der Waals surface area contributed by atoms with Gasteiger partial charge in [0.15, 0.2) is 0 Å². The van der Waals surface area contributed by atoms with Crippen molar-refractivity contribution in [1.29, 1.82) is 0 Å². The Morgan fingerprint density at radius 2 is 1.07 bits per heavy atom. The molecule has 0 amide bonds. The number of benzene rings is 2. The van der Waals surface area contributed by atoms with Gasteiger partial charge in [0, 0.05) is 16.5 Å². The van der Waals surface area contributed by atoms with Gasteiger partial charge in [0.05, 0.1) is 22.8 Å². The molecule has 0 aliphatic heterocycles. The van der Waals surface area contributed by atoms with Gasteiger partial charge in [-0.1, -0.05) is 45.2 Å². The summed E-state index contributed by atoms with van der Waals surface area (Å²) in [5, 5.41) is 0. The molecule has 0 saturated carbocycles. The molecule has 0 aliphatic rings. The van der Waals surface area contributed by atoms with Crippen LogP contribution in [0.25, 0.3) is 0 Å². The van der Waals surface area contributed by atoms with Crippen LogP contribution >= 0.6 is 0 Å². The van der Waals surface area contributed by atoms with Crippen molar-refractivity contribution < 1.29 is 16.5 Å². The Morgan fingerprint density at radius 3 is 1.48 bits per heavy atom. The number of hydrogen-bond acceptors (Lipinski definition) is 2. The normalized spacial score (nSPS) is 12.1. The van der Waals surface area contributed by atoms with Gasteiger partial charge in [0.25, 0.3) is 0 Å². The van der Waals surface area contributed by atoms with E-state index in [1.165, 1.54) is 47.9 Å². The number of unbranched alkanes of at least 4 members (excludes halogenated alkanes) is 3. The van der Waals surface area contributed by atoms with Gasteiger partial charge in [0.1, 0.15) is 0 Å². The van der Waals surface area contributed by atoms with Gasteiger partial charge in [-0.15, -0.1) is 0 Å². The van der Waals surface area contributed by atoms with E-state index in [2.05, 4.69) is 77.9 Å². The third kappa shape index (κ3) is 8.66. The van der Waals surface area contributed by atoms with Crippen molar-refractivity contribution in [3.63, 3.8) is 0 Å². The molecule has 29 heavy (non-hydrogen) atoms. The topological polar surface area (TPSA) is 24.7 Å². The van der Waals surface area contributed by atoms with E-state index in [1.54, 1.807) is 0 Å². The van der Waals surface area contributed by atoms with Crippen LogP contribution in [0.2, 0.25) is 0 Å². The van der Waals surface area contributed by atoms with Gasteiger partial charge in [-0.05, 0) is 93.5 Å². The van der Waals surface area contributed by atoms with Gasteiger partial charge < -0.3 is 0 Å². The summed E-state index contributed by atoms with van der Waals surface area (Å²) in [5.41, 5.74) is 9.36. The molecule has 2 rings (SSSR count). The van der Waals surface area contributed by atoms with E-state index in [1.807, 2.05) is 0 Å². The minimum Gasteiger partial charge on any atom is -0.252 e. The summed E-state index contributed by atoms with van der Waals surface area (Å²) in [6.07, 6.45) is 6.84. The zero-order valence-corrected chi connectivity index (χ0v) is 19.9. The summed E-state index contributed by atoms with van der Waals surface area (Å²) in [5.74, 6) is 0. The van der Waals surface area contributed by atoms with Crippen LogP contribution in [0.5, 0.6) is 0 Å². The van der Waals surface area contributed by atoms with Gasteiger partial charge in [0.2, 0.25) is 0 Å². The Labute approximate surface area is 187 Å². The molecule has 0 aromatic heterocycles. The molecule has 3 heteroatoms. The Kier molecular flexibility index (Phi) is 11.1. The van der Waals surface area contributed by atoms with E-state index in [0.29, 0.717) is 0 Å². The molecule has 2 aromatic rings. The summed E-state index contributed by atoms with van der Waals surface area (Å²) in [7, 11) is 0. The van der Waals surface area contributed by atoms with Crippen molar-refractivity contribution >= 4 is 22.8 Å². The van der Waals surface area contributed by atoms with Crippen molar-refractivity contribution in [1.82, 2.24) is 0 Å². The third-order valence-electron chi connectivity index (χ3n) is 4.88. The van der Waals surface area contributed by atoms with E-state index in [0.717, 1.165) is 35.6 Å². The molecule has 2 aromatic carbocycles.